The number of anilines is 2. The highest BCUT2D eigenvalue weighted by molar-refractivity contribution is 7.12. The van der Waals surface area contributed by atoms with E-state index in [4.69, 9.17) is 5.11 Å². The zero-order valence-corrected chi connectivity index (χ0v) is 10.0. The average molecular weight is 262 g/mol. The van der Waals surface area contributed by atoms with Crippen molar-refractivity contribution < 1.29 is 14.7 Å². The van der Waals surface area contributed by atoms with Crippen LogP contribution in [-0.4, -0.2) is 17.1 Å². The zero-order chi connectivity index (χ0) is 13.0. The summed E-state index contributed by atoms with van der Waals surface area (Å²) in [4.78, 5) is 22.8. The Morgan fingerprint density at radius 3 is 2.44 bits per heavy atom. The van der Waals surface area contributed by atoms with E-state index in [2.05, 4.69) is 10.6 Å². The Labute approximate surface area is 107 Å². The van der Waals surface area contributed by atoms with Crippen molar-refractivity contribution in [3.8, 4) is 0 Å². The summed E-state index contributed by atoms with van der Waals surface area (Å²) < 4.78 is 0. The molecule has 0 saturated carbocycles. The molecule has 0 bridgehead atoms. The molecular weight excluding hydrogens is 252 g/mol. The summed E-state index contributed by atoms with van der Waals surface area (Å²) in [6, 6.07) is 10.5. The van der Waals surface area contributed by atoms with Gasteiger partial charge >= 0.3 is 6.09 Å². The number of thiophene rings is 1. The summed E-state index contributed by atoms with van der Waals surface area (Å²) in [5.74, 6) is -0.333. The zero-order valence-electron chi connectivity index (χ0n) is 9.21. The van der Waals surface area contributed by atoms with E-state index in [-0.39, 0.29) is 5.91 Å². The largest absolute Gasteiger partial charge is 0.465 e. The second-order valence-corrected chi connectivity index (χ2v) is 4.33. The van der Waals surface area contributed by atoms with Crippen molar-refractivity contribution in [2.24, 2.45) is 0 Å². The molecule has 2 amide bonds. The standard InChI is InChI=1S/C12H10N2O3S/c15-11(13-8-4-2-1-3-5-8)10-9(6-7-18-10)14-12(16)17/h1-7,14H,(H,13,15)(H,16,17). The van der Waals surface area contributed by atoms with E-state index >= 15 is 0 Å². The molecule has 0 fully saturated rings. The van der Waals surface area contributed by atoms with Crippen LogP contribution in [0.25, 0.3) is 0 Å². The number of hydrogen-bond acceptors (Lipinski definition) is 3. The predicted octanol–water partition coefficient (Wildman–Crippen LogP) is 3.09. The maximum absolute atomic E-state index is 11.9. The third-order valence-corrected chi connectivity index (χ3v) is 3.06. The number of hydrogen-bond donors (Lipinski definition) is 3. The second-order valence-electron chi connectivity index (χ2n) is 3.41. The van der Waals surface area contributed by atoms with Crippen molar-refractivity contribution >= 4 is 34.7 Å². The predicted molar refractivity (Wildman–Crippen MR) is 70.4 cm³/mol. The van der Waals surface area contributed by atoms with Crippen molar-refractivity contribution in [3.63, 3.8) is 0 Å². The van der Waals surface area contributed by atoms with Crippen LogP contribution in [0.5, 0.6) is 0 Å². The molecule has 0 radical (unpaired) electrons. The van der Waals surface area contributed by atoms with Crippen LogP contribution in [0.4, 0.5) is 16.2 Å². The van der Waals surface area contributed by atoms with Gasteiger partial charge in [-0.05, 0) is 23.6 Å². The number of nitrogens with one attached hydrogen (secondary N) is 2. The molecule has 0 atom stereocenters. The highest BCUT2D eigenvalue weighted by Crippen LogP contribution is 2.23. The van der Waals surface area contributed by atoms with Gasteiger partial charge in [-0.25, -0.2) is 4.79 Å². The smallest absolute Gasteiger partial charge is 0.409 e. The number of rotatable bonds is 3. The van der Waals surface area contributed by atoms with Gasteiger partial charge in [0.2, 0.25) is 0 Å². The molecule has 18 heavy (non-hydrogen) atoms. The molecule has 0 aliphatic heterocycles. The van der Waals surface area contributed by atoms with Crippen LogP contribution in [0.2, 0.25) is 0 Å². The fraction of sp³-hybridized carbons (Fsp3) is 0. The highest BCUT2D eigenvalue weighted by atomic mass is 32.1. The van der Waals surface area contributed by atoms with E-state index < -0.39 is 6.09 Å². The van der Waals surface area contributed by atoms with E-state index in [1.807, 2.05) is 6.07 Å². The quantitative estimate of drug-likeness (QED) is 0.795. The van der Waals surface area contributed by atoms with E-state index in [1.54, 1.807) is 35.7 Å². The molecular formula is C12H10N2O3S. The SMILES string of the molecule is O=C(O)Nc1ccsc1C(=O)Nc1ccccc1. The van der Waals surface area contributed by atoms with Crippen LogP contribution in [0.1, 0.15) is 9.67 Å². The van der Waals surface area contributed by atoms with E-state index in [0.29, 0.717) is 16.3 Å². The molecule has 92 valence electrons. The first-order chi connectivity index (χ1) is 8.66. The number of amides is 2. The molecule has 2 rings (SSSR count). The van der Waals surface area contributed by atoms with Crippen LogP contribution in [0.15, 0.2) is 41.8 Å². The van der Waals surface area contributed by atoms with E-state index in [0.717, 1.165) is 0 Å². The minimum Gasteiger partial charge on any atom is -0.465 e. The molecule has 0 aliphatic carbocycles. The van der Waals surface area contributed by atoms with Crippen LogP contribution in [-0.2, 0) is 0 Å². The molecule has 0 unspecified atom stereocenters. The molecule has 0 aliphatic rings. The van der Waals surface area contributed by atoms with Crippen molar-refractivity contribution in [1.82, 2.24) is 0 Å². The number of para-hydroxylation sites is 1. The topological polar surface area (TPSA) is 78.4 Å². The van der Waals surface area contributed by atoms with Gasteiger partial charge in [-0.15, -0.1) is 11.3 Å². The molecule has 0 saturated heterocycles. The normalized spacial score (nSPS) is 9.78. The Kier molecular flexibility index (Phi) is 3.59. The molecule has 1 aromatic carbocycles. The highest BCUT2D eigenvalue weighted by Gasteiger charge is 2.14. The van der Waals surface area contributed by atoms with Crippen LogP contribution in [0.3, 0.4) is 0 Å². The van der Waals surface area contributed by atoms with Gasteiger partial charge in [0.1, 0.15) is 4.88 Å². The van der Waals surface area contributed by atoms with Crippen LogP contribution >= 0.6 is 11.3 Å². The maximum atomic E-state index is 11.9. The van der Waals surface area contributed by atoms with Crippen molar-refractivity contribution in [2.75, 3.05) is 10.6 Å². The van der Waals surface area contributed by atoms with E-state index in [1.165, 1.54) is 11.3 Å². The first kappa shape index (κ1) is 12.1. The van der Waals surface area contributed by atoms with Crippen molar-refractivity contribution in [2.45, 2.75) is 0 Å². The first-order valence-corrected chi connectivity index (χ1v) is 5.98. The monoisotopic (exact) mass is 262 g/mol. The molecule has 6 heteroatoms. The molecule has 2 aromatic rings. The minimum absolute atomic E-state index is 0.293. The Hall–Kier alpha value is -2.34. The summed E-state index contributed by atoms with van der Waals surface area (Å²) in [7, 11) is 0. The fourth-order valence-corrected chi connectivity index (χ4v) is 2.15. The maximum Gasteiger partial charge on any atom is 0.409 e. The average Bonchev–Trinajstić information content (AvgIpc) is 2.77. The lowest BCUT2D eigenvalue weighted by Gasteiger charge is -2.05. The van der Waals surface area contributed by atoms with Crippen LogP contribution < -0.4 is 10.6 Å². The molecule has 3 N–H and O–H groups in total. The third-order valence-electron chi connectivity index (χ3n) is 2.14. The minimum atomic E-state index is -1.19. The Morgan fingerprint density at radius 1 is 1.06 bits per heavy atom. The van der Waals surface area contributed by atoms with Gasteiger partial charge in [0.25, 0.3) is 5.91 Å². The summed E-state index contributed by atoms with van der Waals surface area (Å²) in [5, 5.41) is 15.2. The Balaban J connectivity index is 2.14. The van der Waals surface area contributed by atoms with Gasteiger partial charge in [-0.1, -0.05) is 18.2 Å². The molecule has 1 heterocycles. The van der Waals surface area contributed by atoms with Gasteiger partial charge in [0.05, 0.1) is 5.69 Å². The van der Waals surface area contributed by atoms with Gasteiger partial charge in [0, 0.05) is 5.69 Å². The van der Waals surface area contributed by atoms with Gasteiger partial charge in [-0.3, -0.25) is 10.1 Å². The lowest BCUT2D eigenvalue weighted by atomic mass is 10.3. The molecule has 1 aromatic heterocycles. The van der Waals surface area contributed by atoms with E-state index in [9.17, 15) is 9.59 Å². The summed E-state index contributed by atoms with van der Waals surface area (Å²) in [6.45, 7) is 0. The van der Waals surface area contributed by atoms with Gasteiger partial charge in [0.15, 0.2) is 0 Å². The number of carbonyl (C=O) groups excluding carboxylic acids is 1. The van der Waals surface area contributed by atoms with Crippen LogP contribution in [0, 0.1) is 0 Å². The third kappa shape index (κ3) is 2.86. The Morgan fingerprint density at radius 2 is 1.78 bits per heavy atom. The molecule has 0 spiro atoms. The van der Waals surface area contributed by atoms with Crippen molar-refractivity contribution in [3.05, 3.63) is 46.7 Å². The number of carboxylic acid groups (broad SMARTS) is 1. The number of carbonyl (C=O) groups is 2. The second kappa shape index (κ2) is 5.33. The van der Waals surface area contributed by atoms with Crippen molar-refractivity contribution in [1.29, 1.82) is 0 Å². The number of benzene rings is 1. The lowest BCUT2D eigenvalue weighted by molar-refractivity contribution is 0.103. The first-order valence-electron chi connectivity index (χ1n) is 5.10. The lowest BCUT2D eigenvalue weighted by Crippen LogP contribution is -2.14. The summed E-state index contributed by atoms with van der Waals surface area (Å²) >= 11 is 1.18. The fourth-order valence-electron chi connectivity index (χ4n) is 1.41. The van der Waals surface area contributed by atoms with Gasteiger partial charge < -0.3 is 10.4 Å². The summed E-state index contributed by atoms with van der Waals surface area (Å²) in [6.07, 6.45) is -1.19. The van der Waals surface area contributed by atoms with Gasteiger partial charge in [-0.2, -0.15) is 0 Å². The summed E-state index contributed by atoms with van der Waals surface area (Å²) in [5.41, 5.74) is 0.957. The Bertz CT molecular complexity index is 566. The molecule has 5 nitrogen and oxygen atoms in total.